The molecule has 1 saturated carbocycles. The van der Waals surface area contributed by atoms with Crippen LogP contribution in [0.15, 0.2) is 23.5 Å². The van der Waals surface area contributed by atoms with E-state index in [2.05, 4.69) is 27.9 Å². The molecule has 1 aliphatic rings. The lowest BCUT2D eigenvalue weighted by Crippen LogP contribution is -2.40. The molecule has 0 aromatic carbocycles. The summed E-state index contributed by atoms with van der Waals surface area (Å²) in [4.78, 5) is 4.20. The van der Waals surface area contributed by atoms with Gasteiger partial charge >= 0.3 is 0 Å². The third-order valence-corrected chi connectivity index (χ3v) is 3.73. The second-order valence-corrected chi connectivity index (χ2v) is 5.25. The van der Waals surface area contributed by atoms with Crippen molar-refractivity contribution < 1.29 is 5.11 Å². The van der Waals surface area contributed by atoms with Gasteiger partial charge in [0.15, 0.2) is 5.96 Å². The van der Waals surface area contributed by atoms with Crippen LogP contribution in [0.3, 0.4) is 0 Å². The minimum atomic E-state index is -0.153. The molecule has 1 aliphatic carbocycles. The zero-order valence-corrected chi connectivity index (χ0v) is 11.8. The first-order valence-electron chi connectivity index (χ1n) is 6.92. The summed E-state index contributed by atoms with van der Waals surface area (Å²) in [5, 5.41) is 16.4. The van der Waals surface area contributed by atoms with Crippen LogP contribution in [0.25, 0.3) is 0 Å². The Bertz CT molecular complexity index is 427. The van der Waals surface area contributed by atoms with E-state index in [1.807, 2.05) is 17.8 Å². The molecule has 3 N–H and O–H groups in total. The van der Waals surface area contributed by atoms with Crippen molar-refractivity contribution in [2.45, 2.75) is 31.9 Å². The summed E-state index contributed by atoms with van der Waals surface area (Å²) in [6.07, 6.45) is 7.12. The van der Waals surface area contributed by atoms with Gasteiger partial charge < -0.3 is 20.3 Å². The highest BCUT2D eigenvalue weighted by Crippen LogP contribution is 2.24. The number of aliphatic imine (C=N–C) groups is 1. The van der Waals surface area contributed by atoms with Crippen molar-refractivity contribution in [3.8, 4) is 0 Å². The minimum Gasteiger partial charge on any atom is -0.393 e. The fourth-order valence-electron chi connectivity index (χ4n) is 2.56. The maximum atomic E-state index is 9.78. The molecule has 1 heterocycles. The predicted molar refractivity (Wildman–Crippen MR) is 77.0 cm³/mol. The van der Waals surface area contributed by atoms with Crippen molar-refractivity contribution in [2.75, 3.05) is 13.6 Å². The van der Waals surface area contributed by atoms with Gasteiger partial charge in [-0.1, -0.05) is 6.42 Å². The van der Waals surface area contributed by atoms with E-state index in [0.29, 0.717) is 5.92 Å². The summed E-state index contributed by atoms with van der Waals surface area (Å²) in [6.45, 7) is 1.55. The van der Waals surface area contributed by atoms with E-state index in [1.165, 1.54) is 5.56 Å². The van der Waals surface area contributed by atoms with E-state index in [0.717, 1.165) is 38.3 Å². The van der Waals surface area contributed by atoms with E-state index in [1.54, 1.807) is 7.05 Å². The SMILES string of the molecule is CN=C(NCc1ccn(C)c1)NCC1CCCC1O. The Kier molecular flexibility index (Phi) is 4.85. The largest absolute Gasteiger partial charge is 0.393 e. The number of aliphatic hydroxyl groups is 1. The molecule has 5 nitrogen and oxygen atoms in total. The summed E-state index contributed by atoms with van der Waals surface area (Å²) >= 11 is 0. The van der Waals surface area contributed by atoms with E-state index in [-0.39, 0.29) is 6.10 Å². The highest BCUT2D eigenvalue weighted by molar-refractivity contribution is 5.79. The molecule has 0 radical (unpaired) electrons. The predicted octanol–water partition coefficient (Wildman–Crippen LogP) is 0.851. The third-order valence-electron chi connectivity index (χ3n) is 3.73. The lowest BCUT2D eigenvalue weighted by atomic mass is 10.1. The number of aryl methyl sites for hydroxylation is 1. The van der Waals surface area contributed by atoms with Crippen LogP contribution < -0.4 is 10.6 Å². The summed E-state index contributed by atoms with van der Waals surface area (Å²) in [5.41, 5.74) is 1.23. The maximum Gasteiger partial charge on any atom is 0.191 e. The Balaban J connectivity index is 1.74. The molecule has 19 heavy (non-hydrogen) atoms. The van der Waals surface area contributed by atoms with Crippen molar-refractivity contribution in [1.29, 1.82) is 0 Å². The molecule has 2 unspecified atom stereocenters. The van der Waals surface area contributed by atoms with Crippen LogP contribution in [-0.2, 0) is 13.6 Å². The van der Waals surface area contributed by atoms with Gasteiger partial charge in [-0.25, -0.2) is 0 Å². The Morgan fingerprint density at radius 2 is 2.32 bits per heavy atom. The average molecular weight is 264 g/mol. The first kappa shape index (κ1) is 13.9. The fourth-order valence-corrected chi connectivity index (χ4v) is 2.56. The summed E-state index contributed by atoms with van der Waals surface area (Å²) in [7, 11) is 3.78. The molecule has 106 valence electrons. The van der Waals surface area contributed by atoms with Crippen molar-refractivity contribution in [1.82, 2.24) is 15.2 Å². The van der Waals surface area contributed by atoms with E-state index >= 15 is 0 Å². The lowest BCUT2D eigenvalue weighted by molar-refractivity contribution is 0.134. The first-order valence-corrected chi connectivity index (χ1v) is 6.92. The van der Waals surface area contributed by atoms with Gasteiger partial charge in [-0.15, -0.1) is 0 Å². The molecule has 1 aromatic heterocycles. The van der Waals surface area contributed by atoms with Crippen LogP contribution in [0.2, 0.25) is 0 Å². The normalized spacial score (nSPS) is 23.6. The molecule has 0 amide bonds. The highest BCUT2D eigenvalue weighted by Gasteiger charge is 2.24. The smallest absolute Gasteiger partial charge is 0.191 e. The molecule has 0 bridgehead atoms. The number of guanidine groups is 1. The second-order valence-electron chi connectivity index (χ2n) is 5.25. The van der Waals surface area contributed by atoms with Crippen LogP contribution in [0.4, 0.5) is 0 Å². The van der Waals surface area contributed by atoms with Gasteiger partial charge in [0.2, 0.25) is 0 Å². The van der Waals surface area contributed by atoms with Gasteiger partial charge in [0.05, 0.1) is 6.10 Å². The number of nitrogens with one attached hydrogen (secondary N) is 2. The Morgan fingerprint density at radius 3 is 2.89 bits per heavy atom. The van der Waals surface area contributed by atoms with Gasteiger partial charge in [-0.05, 0) is 24.5 Å². The van der Waals surface area contributed by atoms with Crippen LogP contribution in [0.1, 0.15) is 24.8 Å². The molecule has 5 heteroatoms. The quantitative estimate of drug-likeness (QED) is 0.558. The maximum absolute atomic E-state index is 9.78. The number of hydrogen-bond acceptors (Lipinski definition) is 2. The lowest BCUT2D eigenvalue weighted by Gasteiger charge is -2.17. The molecule has 1 aromatic rings. The summed E-state index contributed by atoms with van der Waals surface area (Å²) in [5.74, 6) is 1.15. The molecule has 2 atom stereocenters. The van der Waals surface area contributed by atoms with E-state index in [9.17, 15) is 5.11 Å². The third kappa shape index (κ3) is 3.99. The summed E-state index contributed by atoms with van der Waals surface area (Å²) < 4.78 is 2.03. The zero-order chi connectivity index (χ0) is 13.7. The minimum absolute atomic E-state index is 0.153. The first-order chi connectivity index (χ1) is 9.19. The number of hydrogen-bond donors (Lipinski definition) is 3. The standard InChI is InChI=1S/C14H24N4O/c1-15-14(16-8-11-6-7-18(2)10-11)17-9-12-4-3-5-13(12)19/h6-7,10,12-13,19H,3-5,8-9H2,1-2H3,(H2,15,16,17). The number of aliphatic hydroxyl groups excluding tert-OH is 1. The fraction of sp³-hybridized carbons (Fsp3) is 0.643. The number of rotatable bonds is 4. The van der Waals surface area contributed by atoms with Gasteiger partial charge in [0, 0.05) is 45.5 Å². The van der Waals surface area contributed by atoms with Crippen LogP contribution in [0.5, 0.6) is 0 Å². The monoisotopic (exact) mass is 264 g/mol. The molecule has 0 aliphatic heterocycles. The van der Waals surface area contributed by atoms with Crippen LogP contribution in [-0.4, -0.2) is 35.3 Å². The number of nitrogens with zero attached hydrogens (tertiary/aromatic N) is 2. The summed E-state index contributed by atoms with van der Waals surface area (Å²) in [6, 6.07) is 2.08. The zero-order valence-electron chi connectivity index (χ0n) is 11.8. The Hall–Kier alpha value is -1.49. The van der Waals surface area contributed by atoms with Crippen molar-refractivity contribution in [3.63, 3.8) is 0 Å². The van der Waals surface area contributed by atoms with Gasteiger partial charge in [0.25, 0.3) is 0 Å². The van der Waals surface area contributed by atoms with Crippen molar-refractivity contribution in [3.05, 3.63) is 24.0 Å². The molecule has 1 fully saturated rings. The van der Waals surface area contributed by atoms with Gasteiger partial charge in [0.1, 0.15) is 0 Å². The highest BCUT2D eigenvalue weighted by atomic mass is 16.3. The molecule has 0 saturated heterocycles. The molecule has 2 rings (SSSR count). The second kappa shape index (κ2) is 6.61. The van der Waals surface area contributed by atoms with Gasteiger partial charge in [-0.3, -0.25) is 4.99 Å². The van der Waals surface area contributed by atoms with E-state index < -0.39 is 0 Å². The Morgan fingerprint density at radius 1 is 1.47 bits per heavy atom. The van der Waals surface area contributed by atoms with Gasteiger partial charge in [-0.2, -0.15) is 0 Å². The van der Waals surface area contributed by atoms with Crippen molar-refractivity contribution >= 4 is 5.96 Å². The Labute approximate surface area is 114 Å². The van der Waals surface area contributed by atoms with Crippen LogP contribution in [0, 0.1) is 5.92 Å². The van der Waals surface area contributed by atoms with Crippen LogP contribution >= 0.6 is 0 Å². The van der Waals surface area contributed by atoms with Crippen molar-refractivity contribution in [2.24, 2.45) is 18.0 Å². The number of aromatic nitrogens is 1. The molecular weight excluding hydrogens is 240 g/mol. The molecular formula is C14H24N4O. The average Bonchev–Trinajstić information content (AvgIpc) is 2.99. The molecule has 0 spiro atoms. The van der Waals surface area contributed by atoms with E-state index in [4.69, 9.17) is 0 Å². The topological polar surface area (TPSA) is 61.6 Å².